The van der Waals surface area contributed by atoms with Crippen molar-refractivity contribution in [3.63, 3.8) is 0 Å². The first-order valence-electron chi connectivity index (χ1n) is 5.74. The van der Waals surface area contributed by atoms with E-state index in [1.165, 1.54) is 6.07 Å². The van der Waals surface area contributed by atoms with Gasteiger partial charge in [0, 0.05) is 24.5 Å². The van der Waals surface area contributed by atoms with Crippen molar-refractivity contribution >= 4 is 11.5 Å². The molecule has 1 aromatic rings. The van der Waals surface area contributed by atoms with E-state index in [1.807, 2.05) is 13.8 Å². The molecule has 0 spiro atoms. The number of nitro benzene ring substituents is 1. The van der Waals surface area contributed by atoms with Gasteiger partial charge in [-0.15, -0.1) is 0 Å². The molecule has 1 rings (SSSR count). The minimum Gasteiger partial charge on any atom is -0.300 e. The highest BCUT2D eigenvalue weighted by molar-refractivity contribution is 5.78. The first kappa shape index (κ1) is 13.4. The Balaban J connectivity index is 2.63. The summed E-state index contributed by atoms with van der Waals surface area (Å²) in [5.41, 5.74) is 0.736. The molecule has 0 bridgehead atoms. The fraction of sp³-hybridized carbons (Fsp3) is 0.462. The van der Waals surface area contributed by atoms with Crippen LogP contribution in [0.3, 0.4) is 0 Å². The molecule has 92 valence electrons. The fourth-order valence-electron chi connectivity index (χ4n) is 1.73. The lowest BCUT2D eigenvalue weighted by molar-refractivity contribution is -0.385. The molecule has 0 aliphatic carbocycles. The number of Topliss-reactive ketones (excluding diaryl/α,β-unsaturated/α-hetero) is 1. The Kier molecular flexibility index (Phi) is 4.82. The van der Waals surface area contributed by atoms with E-state index in [-0.39, 0.29) is 11.5 Å². The topological polar surface area (TPSA) is 60.2 Å². The highest BCUT2D eigenvalue weighted by atomic mass is 16.6. The van der Waals surface area contributed by atoms with Crippen molar-refractivity contribution in [1.29, 1.82) is 0 Å². The minimum atomic E-state index is -0.401. The number of carbonyl (C=O) groups excluding carboxylic acids is 1. The molecule has 0 saturated carbocycles. The lowest BCUT2D eigenvalue weighted by atomic mass is 10.0. The maximum absolute atomic E-state index is 11.5. The van der Waals surface area contributed by atoms with Gasteiger partial charge in [-0.05, 0) is 12.3 Å². The van der Waals surface area contributed by atoms with Gasteiger partial charge in [-0.25, -0.2) is 0 Å². The normalized spacial score (nSPS) is 10.5. The van der Waals surface area contributed by atoms with Gasteiger partial charge < -0.3 is 0 Å². The number of nitrogens with zero attached hydrogens (tertiary/aromatic N) is 1. The zero-order chi connectivity index (χ0) is 12.8. The molecule has 1 aromatic carbocycles. The van der Waals surface area contributed by atoms with Crippen molar-refractivity contribution in [2.45, 2.75) is 33.1 Å². The van der Waals surface area contributed by atoms with Gasteiger partial charge in [-0.1, -0.05) is 32.0 Å². The van der Waals surface area contributed by atoms with Gasteiger partial charge in [0.15, 0.2) is 0 Å². The van der Waals surface area contributed by atoms with Crippen molar-refractivity contribution in [2.75, 3.05) is 0 Å². The lowest BCUT2D eigenvalue weighted by Gasteiger charge is -2.04. The van der Waals surface area contributed by atoms with Gasteiger partial charge in [0.05, 0.1) is 4.92 Å². The van der Waals surface area contributed by atoms with Crippen LogP contribution in [0, 0.1) is 16.0 Å². The second-order valence-electron chi connectivity index (χ2n) is 4.52. The van der Waals surface area contributed by atoms with E-state index < -0.39 is 4.92 Å². The van der Waals surface area contributed by atoms with Gasteiger partial charge in [0.1, 0.15) is 5.78 Å². The van der Waals surface area contributed by atoms with E-state index in [9.17, 15) is 14.9 Å². The molecule has 0 atom stereocenters. The molecule has 0 heterocycles. The first-order chi connectivity index (χ1) is 8.00. The molecular formula is C13H17NO3. The van der Waals surface area contributed by atoms with E-state index in [0.29, 0.717) is 30.7 Å². The van der Waals surface area contributed by atoms with Gasteiger partial charge in [0.2, 0.25) is 0 Å². The Morgan fingerprint density at radius 3 is 2.59 bits per heavy atom. The number of para-hydroxylation sites is 1. The summed E-state index contributed by atoms with van der Waals surface area (Å²) in [5, 5.41) is 10.8. The number of hydrogen-bond donors (Lipinski definition) is 0. The number of aryl methyl sites for hydroxylation is 1. The summed E-state index contributed by atoms with van der Waals surface area (Å²) in [7, 11) is 0. The first-order valence-corrected chi connectivity index (χ1v) is 5.74. The zero-order valence-electron chi connectivity index (χ0n) is 10.2. The largest absolute Gasteiger partial charge is 0.300 e. The summed E-state index contributed by atoms with van der Waals surface area (Å²) in [6.07, 6.45) is 1.37. The molecule has 17 heavy (non-hydrogen) atoms. The lowest BCUT2D eigenvalue weighted by Crippen LogP contribution is -2.05. The second kappa shape index (κ2) is 6.13. The van der Waals surface area contributed by atoms with Crippen molar-refractivity contribution < 1.29 is 9.72 Å². The third-order valence-electron chi connectivity index (χ3n) is 2.50. The highest BCUT2D eigenvalue weighted by Gasteiger charge is 2.13. The maximum atomic E-state index is 11.5. The molecule has 0 amide bonds. The van der Waals surface area contributed by atoms with E-state index in [1.54, 1.807) is 18.2 Å². The van der Waals surface area contributed by atoms with Crippen LogP contribution in [0.25, 0.3) is 0 Å². The Morgan fingerprint density at radius 2 is 2.00 bits per heavy atom. The van der Waals surface area contributed by atoms with Crippen molar-refractivity contribution in [3.05, 3.63) is 39.9 Å². The third kappa shape index (κ3) is 4.34. The van der Waals surface area contributed by atoms with Gasteiger partial charge in [-0.3, -0.25) is 14.9 Å². The molecule has 4 nitrogen and oxygen atoms in total. The van der Waals surface area contributed by atoms with Crippen LogP contribution in [0.5, 0.6) is 0 Å². The van der Waals surface area contributed by atoms with E-state index in [2.05, 4.69) is 0 Å². The van der Waals surface area contributed by atoms with Gasteiger partial charge >= 0.3 is 0 Å². The Bertz CT molecular complexity index is 413. The summed E-state index contributed by atoms with van der Waals surface area (Å²) in [6.45, 7) is 3.98. The molecule has 0 fully saturated rings. The second-order valence-corrected chi connectivity index (χ2v) is 4.52. The monoisotopic (exact) mass is 235 g/mol. The quantitative estimate of drug-likeness (QED) is 0.562. The summed E-state index contributed by atoms with van der Waals surface area (Å²) < 4.78 is 0. The molecule has 0 saturated heterocycles. The molecule has 4 heteroatoms. The van der Waals surface area contributed by atoms with Crippen LogP contribution in [0.2, 0.25) is 0 Å². The van der Waals surface area contributed by atoms with E-state index in [0.717, 1.165) is 0 Å². The van der Waals surface area contributed by atoms with Crippen LogP contribution in [0.4, 0.5) is 5.69 Å². The molecule has 0 aliphatic heterocycles. The van der Waals surface area contributed by atoms with E-state index >= 15 is 0 Å². The third-order valence-corrected chi connectivity index (χ3v) is 2.50. The summed E-state index contributed by atoms with van der Waals surface area (Å²) >= 11 is 0. The van der Waals surface area contributed by atoms with E-state index in [4.69, 9.17) is 0 Å². The fourth-order valence-corrected chi connectivity index (χ4v) is 1.73. The molecular weight excluding hydrogens is 218 g/mol. The average Bonchev–Trinajstić information content (AvgIpc) is 2.25. The van der Waals surface area contributed by atoms with Crippen LogP contribution in [0.1, 0.15) is 32.3 Å². The number of nitro groups is 1. The van der Waals surface area contributed by atoms with Gasteiger partial charge in [0.25, 0.3) is 5.69 Å². The van der Waals surface area contributed by atoms with Crippen molar-refractivity contribution in [1.82, 2.24) is 0 Å². The Hall–Kier alpha value is -1.71. The SMILES string of the molecule is CC(C)CC(=O)CCc1ccccc1[N+](=O)[O-]. The Labute approximate surface area is 101 Å². The number of hydrogen-bond acceptors (Lipinski definition) is 3. The highest BCUT2D eigenvalue weighted by Crippen LogP contribution is 2.19. The smallest absolute Gasteiger partial charge is 0.272 e. The maximum Gasteiger partial charge on any atom is 0.272 e. The van der Waals surface area contributed by atoms with Crippen molar-refractivity contribution in [3.8, 4) is 0 Å². The zero-order valence-corrected chi connectivity index (χ0v) is 10.2. The van der Waals surface area contributed by atoms with Crippen LogP contribution in [-0.2, 0) is 11.2 Å². The number of benzene rings is 1. The molecule has 0 aromatic heterocycles. The summed E-state index contributed by atoms with van der Waals surface area (Å²) in [5.74, 6) is 0.506. The predicted octanol–water partition coefficient (Wildman–Crippen LogP) is 3.14. The molecule has 0 N–H and O–H groups in total. The van der Waals surface area contributed by atoms with Gasteiger partial charge in [-0.2, -0.15) is 0 Å². The van der Waals surface area contributed by atoms with Crippen LogP contribution >= 0.6 is 0 Å². The molecule has 0 radical (unpaired) electrons. The Morgan fingerprint density at radius 1 is 1.35 bits per heavy atom. The molecule has 0 aliphatic rings. The predicted molar refractivity (Wildman–Crippen MR) is 65.9 cm³/mol. The summed E-state index contributed by atoms with van der Waals surface area (Å²) in [6, 6.07) is 6.58. The van der Waals surface area contributed by atoms with Crippen molar-refractivity contribution in [2.24, 2.45) is 5.92 Å². The number of carbonyl (C=O) groups is 1. The minimum absolute atomic E-state index is 0.102. The van der Waals surface area contributed by atoms with Crippen LogP contribution < -0.4 is 0 Å². The standard InChI is InChI=1S/C13H17NO3/c1-10(2)9-12(15)8-7-11-5-3-4-6-13(11)14(16)17/h3-6,10H,7-9H2,1-2H3. The molecule has 0 unspecified atom stereocenters. The van der Waals surface area contributed by atoms with Crippen LogP contribution in [-0.4, -0.2) is 10.7 Å². The summed E-state index contributed by atoms with van der Waals surface area (Å²) in [4.78, 5) is 21.9. The average molecular weight is 235 g/mol. The number of rotatable bonds is 6. The number of ketones is 1. The van der Waals surface area contributed by atoms with Crippen LogP contribution in [0.15, 0.2) is 24.3 Å².